The molecule has 2 aromatic rings. The second-order valence-electron chi connectivity index (χ2n) is 7.70. The summed E-state index contributed by atoms with van der Waals surface area (Å²) in [4.78, 5) is 26.5. The van der Waals surface area contributed by atoms with Crippen LogP contribution in [-0.2, 0) is 40.6 Å². The van der Waals surface area contributed by atoms with Crippen molar-refractivity contribution in [3.05, 3.63) is 51.4 Å². The van der Waals surface area contributed by atoms with Crippen LogP contribution in [0.5, 0.6) is 0 Å². The summed E-state index contributed by atoms with van der Waals surface area (Å²) in [7, 11) is -3.59. The third kappa shape index (κ3) is 3.77. The number of fused-ring (bicyclic) bond motifs is 2. The van der Waals surface area contributed by atoms with Crippen LogP contribution in [0.3, 0.4) is 0 Å². The van der Waals surface area contributed by atoms with Crippen molar-refractivity contribution in [2.45, 2.75) is 51.6 Å². The maximum Gasteiger partial charge on any atom is 0.251 e. The van der Waals surface area contributed by atoms with E-state index in [1.54, 1.807) is 6.92 Å². The number of benzene rings is 1. The highest BCUT2D eigenvalue weighted by molar-refractivity contribution is 7.89. The fourth-order valence-electron chi connectivity index (χ4n) is 4.29. The number of nitrogens with two attached hydrogens (primary N) is 1. The molecule has 0 bridgehead atoms. The number of aryl methyl sites for hydroxylation is 1. The van der Waals surface area contributed by atoms with Gasteiger partial charge in [-0.1, -0.05) is 24.3 Å². The molecule has 1 aromatic carbocycles. The quantitative estimate of drug-likeness (QED) is 0.733. The first kappa shape index (κ1) is 21.0. The third-order valence-corrected chi connectivity index (χ3v) is 8.92. The van der Waals surface area contributed by atoms with Crippen molar-refractivity contribution in [3.63, 3.8) is 0 Å². The molecule has 30 heavy (non-hydrogen) atoms. The Morgan fingerprint density at radius 3 is 2.60 bits per heavy atom. The van der Waals surface area contributed by atoms with Gasteiger partial charge in [-0.15, -0.1) is 11.3 Å². The lowest BCUT2D eigenvalue weighted by Crippen LogP contribution is -2.51. The Hall–Kier alpha value is -2.23. The average molecular weight is 448 g/mol. The van der Waals surface area contributed by atoms with Crippen LogP contribution in [0.15, 0.2) is 24.3 Å². The van der Waals surface area contributed by atoms with Gasteiger partial charge in [0.1, 0.15) is 11.0 Å². The summed E-state index contributed by atoms with van der Waals surface area (Å²) in [5.41, 5.74) is 8.80. The molecule has 160 valence electrons. The van der Waals surface area contributed by atoms with Crippen molar-refractivity contribution in [2.24, 2.45) is 5.73 Å². The second-order valence-corrected chi connectivity index (χ2v) is 11.0. The molecule has 0 radical (unpaired) electrons. The van der Waals surface area contributed by atoms with Crippen LogP contribution in [0.4, 0.5) is 5.00 Å². The highest BCUT2D eigenvalue weighted by Crippen LogP contribution is 2.38. The predicted molar refractivity (Wildman–Crippen MR) is 117 cm³/mol. The molecule has 2 amide bonds. The summed E-state index contributed by atoms with van der Waals surface area (Å²) < 4.78 is 26.8. The van der Waals surface area contributed by atoms with Crippen molar-refractivity contribution < 1.29 is 18.0 Å². The van der Waals surface area contributed by atoms with E-state index in [2.05, 4.69) is 5.32 Å². The molecule has 0 fully saturated rings. The Bertz CT molecular complexity index is 1110. The normalized spacial score (nSPS) is 19.0. The van der Waals surface area contributed by atoms with Crippen molar-refractivity contribution >= 4 is 38.2 Å². The summed E-state index contributed by atoms with van der Waals surface area (Å²) >= 11 is 1.38. The minimum Gasteiger partial charge on any atom is -0.365 e. The zero-order valence-corrected chi connectivity index (χ0v) is 18.4. The summed E-state index contributed by atoms with van der Waals surface area (Å²) in [5, 5.41) is 3.29. The summed E-state index contributed by atoms with van der Waals surface area (Å²) in [6.45, 7) is 1.73. The Morgan fingerprint density at radius 1 is 1.20 bits per heavy atom. The van der Waals surface area contributed by atoms with Crippen LogP contribution in [0.2, 0.25) is 0 Å². The number of amides is 2. The molecule has 1 aliphatic heterocycles. The highest BCUT2D eigenvalue weighted by atomic mass is 32.2. The molecule has 1 unspecified atom stereocenters. The van der Waals surface area contributed by atoms with Gasteiger partial charge in [0.05, 0.1) is 11.3 Å². The summed E-state index contributed by atoms with van der Waals surface area (Å²) in [5.74, 6) is -1.07. The van der Waals surface area contributed by atoms with Crippen molar-refractivity contribution in [3.8, 4) is 0 Å². The van der Waals surface area contributed by atoms with Crippen molar-refractivity contribution in [2.75, 3.05) is 11.1 Å². The zero-order chi connectivity index (χ0) is 21.5. The number of hydrogen-bond donors (Lipinski definition) is 2. The Labute approximate surface area is 180 Å². The van der Waals surface area contributed by atoms with E-state index in [4.69, 9.17) is 5.73 Å². The fraction of sp³-hybridized carbons (Fsp3) is 0.429. The van der Waals surface area contributed by atoms with Gasteiger partial charge in [-0.05, 0) is 55.7 Å². The number of primary amides is 1. The Balaban J connectivity index is 1.68. The molecule has 3 N–H and O–H groups in total. The average Bonchev–Trinajstić information content (AvgIpc) is 3.10. The number of carbonyl (C=O) groups is 2. The smallest absolute Gasteiger partial charge is 0.251 e. The van der Waals surface area contributed by atoms with Gasteiger partial charge < -0.3 is 11.1 Å². The summed E-state index contributed by atoms with van der Waals surface area (Å²) in [6, 6.07) is 6.69. The number of nitrogens with zero attached hydrogens (tertiary/aromatic N) is 1. The molecule has 0 saturated heterocycles. The van der Waals surface area contributed by atoms with Crippen LogP contribution in [0.1, 0.15) is 51.7 Å². The van der Waals surface area contributed by atoms with Crippen LogP contribution < -0.4 is 11.1 Å². The van der Waals surface area contributed by atoms with Gasteiger partial charge in [-0.3, -0.25) is 9.59 Å². The van der Waals surface area contributed by atoms with Crippen molar-refractivity contribution in [1.29, 1.82) is 0 Å². The molecule has 9 heteroatoms. The number of carbonyl (C=O) groups excluding carboxylic acids is 2. The van der Waals surface area contributed by atoms with Gasteiger partial charge in [0.25, 0.3) is 5.91 Å². The minimum absolute atomic E-state index is 0.0845. The molecule has 1 aliphatic carbocycles. The number of hydrogen-bond acceptors (Lipinski definition) is 5. The van der Waals surface area contributed by atoms with Gasteiger partial charge in [0, 0.05) is 11.4 Å². The predicted octanol–water partition coefficient (Wildman–Crippen LogP) is 2.44. The van der Waals surface area contributed by atoms with Gasteiger partial charge in [-0.2, -0.15) is 4.31 Å². The number of thiophene rings is 1. The van der Waals surface area contributed by atoms with E-state index in [1.807, 2.05) is 24.3 Å². The van der Waals surface area contributed by atoms with Gasteiger partial charge in [0.2, 0.25) is 15.9 Å². The molecule has 1 atom stereocenters. The molecule has 7 nitrogen and oxygen atoms in total. The molecule has 1 aromatic heterocycles. The first-order chi connectivity index (χ1) is 14.3. The first-order valence-electron chi connectivity index (χ1n) is 10.1. The Morgan fingerprint density at radius 2 is 1.90 bits per heavy atom. The zero-order valence-electron chi connectivity index (χ0n) is 16.8. The van der Waals surface area contributed by atoms with Crippen LogP contribution >= 0.6 is 11.3 Å². The lowest BCUT2D eigenvalue weighted by atomic mass is 9.94. The number of nitrogens with one attached hydrogen (secondary N) is 1. The number of sulfonamides is 1. The van der Waals surface area contributed by atoms with E-state index >= 15 is 0 Å². The lowest BCUT2D eigenvalue weighted by molar-refractivity contribution is -0.120. The SMILES string of the molecule is CCS(=O)(=O)N1Cc2ccccc2CC1C(=O)Nc1sc2c(c1C(N)=O)CCCC2. The molecule has 2 heterocycles. The van der Waals surface area contributed by atoms with Gasteiger partial charge in [0.15, 0.2) is 0 Å². The van der Waals surface area contributed by atoms with Gasteiger partial charge in [-0.25, -0.2) is 8.42 Å². The third-order valence-electron chi connectivity index (χ3n) is 5.88. The van der Waals surface area contributed by atoms with E-state index in [0.29, 0.717) is 10.6 Å². The van der Waals surface area contributed by atoms with Crippen LogP contribution in [-0.4, -0.2) is 36.3 Å². The molecule has 0 saturated carbocycles. The fourth-order valence-corrected chi connectivity index (χ4v) is 6.81. The second kappa shape index (κ2) is 8.13. The lowest BCUT2D eigenvalue weighted by Gasteiger charge is -2.34. The molecule has 0 spiro atoms. The van der Waals surface area contributed by atoms with Crippen molar-refractivity contribution in [1.82, 2.24) is 4.31 Å². The first-order valence-corrected chi connectivity index (χ1v) is 12.6. The van der Waals surface area contributed by atoms with E-state index in [-0.39, 0.29) is 18.7 Å². The van der Waals surface area contributed by atoms with Crippen LogP contribution in [0, 0.1) is 0 Å². The largest absolute Gasteiger partial charge is 0.365 e. The molecule has 2 aliphatic rings. The van der Waals surface area contributed by atoms with Crippen LogP contribution in [0.25, 0.3) is 0 Å². The highest BCUT2D eigenvalue weighted by Gasteiger charge is 2.38. The standard InChI is InChI=1S/C21H25N3O4S2/c1-2-30(27,28)24-12-14-8-4-3-7-13(14)11-16(24)20(26)23-21-18(19(22)25)15-9-5-6-10-17(15)29-21/h3-4,7-8,16H,2,5-6,9-12H2,1H3,(H2,22,25)(H,23,26). The Kier molecular flexibility index (Phi) is 5.69. The van der Waals surface area contributed by atoms with E-state index < -0.39 is 27.9 Å². The number of rotatable bonds is 5. The maximum atomic E-state index is 13.3. The van der Waals surface area contributed by atoms with E-state index in [1.165, 1.54) is 15.6 Å². The topological polar surface area (TPSA) is 110 Å². The number of anilines is 1. The summed E-state index contributed by atoms with van der Waals surface area (Å²) in [6.07, 6.45) is 3.95. The molecule has 4 rings (SSSR count). The van der Waals surface area contributed by atoms with E-state index in [0.717, 1.165) is 47.3 Å². The van der Waals surface area contributed by atoms with Gasteiger partial charge >= 0.3 is 0 Å². The monoisotopic (exact) mass is 447 g/mol. The maximum absolute atomic E-state index is 13.3. The van der Waals surface area contributed by atoms with E-state index in [9.17, 15) is 18.0 Å². The molecular formula is C21H25N3O4S2. The minimum atomic E-state index is -3.59. The molecular weight excluding hydrogens is 422 g/mol.